The highest BCUT2D eigenvalue weighted by Crippen LogP contribution is 2.38. The van der Waals surface area contributed by atoms with Crippen molar-refractivity contribution in [2.45, 2.75) is 76.4 Å². The molecule has 41 heavy (non-hydrogen) atoms. The Hall–Kier alpha value is -3.87. The Balaban J connectivity index is 1.31. The SMILES string of the molecule is CC(C)(C)OC(=O)Nc1cc(OC(F)(F)F)ccc1C(=O)N1CCC(c2ccnc3[nH]c([C@H]4C[C@H](O)C4)nc23)CC1. The van der Waals surface area contributed by atoms with Gasteiger partial charge in [0.1, 0.15) is 22.7 Å². The zero-order chi connectivity index (χ0) is 29.5. The molecular formula is C28H32F3N5O5. The number of ether oxygens (including phenoxy) is 2. The summed E-state index contributed by atoms with van der Waals surface area (Å²) in [4.78, 5) is 40.0. The van der Waals surface area contributed by atoms with Crippen molar-refractivity contribution in [3.63, 3.8) is 0 Å². The highest BCUT2D eigenvalue weighted by molar-refractivity contribution is 6.03. The van der Waals surface area contributed by atoms with E-state index in [0.717, 1.165) is 29.0 Å². The van der Waals surface area contributed by atoms with E-state index in [-0.39, 0.29) is 29.2 Å². The third-order valence-corrected chi connectivity index (χ3v) is 7.25. The van der Waals surface area contributed by atoms with Crippen LogP contribution in [0.2, 0.25) is 0 Å². The molecule has 2 aliphatic rings. The number of amides is 2. The van der Waals surface area contributed by atoms with E-state index in [9.17, 15) is 27.9 Å². The first-order chi connectivity index (χ1) is 19.3. The second-order valence-electron chi connectivity index (χ2n) is 11.5. The number of aromatic nitrogens is 3. The molecule has 0 atom stereocenters. The number of piperidine rings is 1. The molecule has 3 N–H and O–H groups in total. The summed E-state index contributed by atoms with van der Waals surface area (Å²) >= 11 is 0. The Morgan fingerprint density at radius 2 is 1.80 bits per heavy atom. The van der Waals surface area contributed by atoms with Gasteiger partial charge in [-0.25, -0.2) is 14.8 Å². The van der Waals surface area contributed by atoms with Gasteiger partial charge in [-0.15, -0.1) is 13.2 Å². The number of halogens is 3. The predicted molar refractivity (Wildman–Crippen MR) is 143 cm³/mol. The van der Waals surface area contributed by atoms with E-state index in [0.29, 0.717) is 44.4 Å². The van der Waals surface area contributed by atoms with Crippen LogP contribution in [0.5, 0.6) is 5.75 Å². The molecule has 1 aliphatic carbocycles. The molecule has 220 valence electrons. The minimum absolute atomic E-state index is 0.0229. The van der Waals surface area contributed by atoms with Crippen molar-refractivity contribution in [2.75, 3.05) is 18.4 Å². The number of nitrogens with zero attached hydrogens (tertiary/aromatic N) is 3. The summed E-state index contributed by atoms with van der Waals surface area (Å²) in [6.07, 6.45) is -1.80. The molecule has 2 amide bonds. The minimum atomic E-state index is -4.94. The number of hydrogen-bond acceptors (Lipinski definition) is 7. The Bertz CT molecular complexity index is 1440. The van der Waals surface area contributed by atoms with Crippen LogP contribution >= 0.6 is 0 Å². The maximum Gasteiger partial charge on any atom is 0.573 e. The van der Waals surface area contributed by atoms with Gasteiger partial charge < -0.3 is 24.5 Å². The molecule has 0 radical (unpaired) electrons. The second kappa shape index (κ2) is 10.8. The monoisotopic (exact) mass is 575 g/mol. The smallest absolute Gasteiger partial charge is 0.444 e. The van der Waals surface area contributed by atoms with E-state index < -0.39 is 29.7 Å². The number of H-pyrrole nitrogens is 1. The van der Waals surface area contributed by atoms with Crippen molar-refractivity contribution >= 4 is 28.9 Å². The standard InChI is InChI=1S/C28H32F3N5O5/c1-27(2,3)41-26(39)33-21-14-18(40-28(29,30)31)4-5-20(21)25(38)36-10-7-15(8-11-36)19-6-9-32-24-22(19)34-23(35-24)16-12-17(37)13-16/h4-6,9,14-17,37H,7-8,10-13H2,1-3H3,(H,33,39)(H,32,34,35)/t16-,17-. The van der Waals surface area contributed by atoms with Gasteiger partial charge in [0.05, 0.1) is 17.4 Å². The van der Waals surface area contributed by atoms with Gasteiger partial charge in [-0.2, -0.15) is 0 Å². The van der Waals surface area contributed by atoms with Gasteiger partial charge >= 0.3 is 12.5 Å². The maximum absolute atomic E-state index is 13.5. The van der Waals surface area contributed by atoms with E-state index in [4.69, 9.17) is 9.72 Å². The van der Waals surface area contributed by atoms with Crippen LogP contribution in [-0.4, -0.2) is 68.1 Å². The van der Waals surface area contributed by atoms with Crippen molar-refractivity contribution in [1.82, 2.24) is 19.9 Å². The number of aliphatic hydroxyl groups excluding tert-OH is 1. The quantitative estimate of drug-likeness (QED) is 0.368. The number of imidazole rings is 1. The Kier molecular flexibility index (Phi) is 7.58. The van der Waals surface area contributed by atoms with Crippen molar-refractivity contribution < 1.29 is 37.3 Å². The number of carbonyl (C=O) groups excluding carboxylic acids is 2. The van der Waals surface area contributed by atoms with Crippen LogP contribution in [0, 0.1) is 0 Å². The van der Waals surface area contributed by atoms with Crippen LogP contribution in [0.3, 0.4) is 0 Å². The fraction of sp³-hybridized carbons (Fsp3) is 0.500. The average molecular weight is 576 g/mol. The fourth-order valence-electron chi connectivity index (χ4n) is 5.27. The molecule has 0 spiro atoms. The molecule has 3 aromatic rings. The third-order valence-electron chi connectivity index (χ3n) is 7.25. The summed E-state index contributed by atoms with van der Waals surface area (Å²) in [5, 5.41) is 12.1. The highest BCUT2D eigenvalue weighted by atomic mass is 19.4. The Labute approximate surface area is 234 Å². The second-order valence-corrected chi connectivity index (χ2v) is 11.5. The lowest BCUT2D eigenvalue weighted by atomic mass is 9.82. The van der Waals surface area contributed by atoms with Gasteiger partial charge in [0.2, 0.25) is 0 Å². The first-order valence-corrected chi connectivity index (χ1v) is 13.5. The number of pyridine rings is 1. The molecule has 1 saturated heterocycles. The van der Waals surface area contributed by atoms with Gasteiger partial charge in [0.25, 0.3) is 5.91 Å². The summed E-state index contributed by atoms with van der Waals surface area (Å²) in [6, 6.07) is 5.14. The fourth-order valence-corrected chi connectivity index (χ4v) is 5.27. The number of fused-ring (bicyclic) bond motifs is 1. The topological polar surface area (TPSA) is 130 Å². The third kappa shape index (κ3) is 6.72. The number of aliphatic hydroxyl groups is 1. The molecule has 13 heteroatoms. The van der Waals surface area contributed by atoms with Crippen molar-refractivity contribution in [3.05, 3.63) is 47.4 Å². The Morgan fingerprint density at radius 3 is 2.44 bits per heavy atom. The largest absolute Gasteiger partial charge is 0.573 e. The summed E-state index contributed by atoms with van der Waals surface area (Å²) in [7, 11) is 0. The normalized spacial score (nSPS) is 20.0. The highest BCUT2D eigenvalue weighted by Gasteiger charge is 2.34. The Morgan fingerprint density at radius 1 is 1.10 bits per heavy atom. The zero-order valence-electron chi connectivity index (χ0n) is 22.9. The van der Waals surface area contributed by atoms with Gasteiger partial charge in [0, 0.05) is 31.3 Å². The molecule has 0 bridgehead atoms. The van der Waals surface area contributed by atoms with E-state index in [1.807, 2.05) is 6.07 Å². The molecule has 10 nitrogen and oxygen atoms in total. The van der Waals surface area contributed by atoms with Crippen LogP contribution in [-0.2, 0) is 4.74 Å². The molecule has 1 saturated carbocycles. The first kappa shape index (κ1) is 28.7. The lowest BCUT2D eigenvalue weighted by Crippen LogP contribution is -2.38. The lowest BCUT2D eigenvalue weighted by molar-refractivity contribution is -0.274. The number of anilines is 1. The van der Waals surface area contributed by atoms with E-state index in [2.05, 4.69) is 20.0 Å². The number of rotatable bonds is 5. The number of nitrogens with one attached hydrogen (secondary N) is 2. The van der Waals surface area contributed by atoms with Crippen LogP contribution in [0.1, 0.15) is 80.0 Å². The zero-order valence-corrected chi connectivity index (χ0v) is 22.9. The van der Waals surface area contributed by atoms with E-state index in [1.54, 1.807) is 31.9 Å². The number of aromatic amines is 1. The molecular weight excluding hydrogens is 543 g/mol. The predicted octanol–water partition coefficient (Wildman–Crippen LogP) is 5.46. The molecule has 3 heterocycles. The van der Waals surface area contributed by atoms with Crippen molar-refractivity contribution in [1.29, 1.82) is 0 Å². The van der Waals surface area contributed by atoms with Crippen LogP contribution in [0.15, 0.2) is 30.5 Å². The lowest BCUT2D eigenvalue weighted by Gasteiger charge is -2.33. The van der Waals surface area contributed by atoms with Crippen LogP contribution in [0.4, 0.5) is 23.7 Å². The van der Waals surface area contributed by atoms with E-state index >= 15 is 0 Å². The maximum atomic E-state index is 13.5. The average Bonchev–Trinajstić information content (AvgIpc) is 3.28. The van der Waals surface area contributed by atoms with Gasteiger partial charge in [-0.05, 0) is 76.1 Å². The molecule has 5 rings (SSSR count). The summed E-state index contributed by atoms with van der Waals surface area (Å²) in [6.45, 7) is 5.72. The first-order valence-electron chi connectivity index (χ1n) is 13.5. The molecule has 0 unspecified atom stereocenters. The van der Waals surface area contributed by atoms with Crippen LogP contribution in [0.25, 0.3) is 11.2 Å². The molecule has 2 fully saturated rings. The summed E-state index contributed by atoms with van der Waals surface area (Å²) in [5.74, 6) is 0.118. The van der Waals surface area contributed by atoms with Gasteiger partial charge in [-0.3, -0.25) is 10.1 Å². The number of alkyl halides is 3. The van der Waals surface area contributed by atoms with Gasteiger partial charge in [-0.1, -0.05) is 0 Å². The number of likely N-dealkylation sites (tertiary alicyclic amines) is 1. The van der Waals surface area contributed by atoms with Crippen LogP contribution < -0.4 is 10.1 Å². The van der Waals surface area contributed by atoms with E-state index in [1.165, 1.54) is 6.07 Å². The molecule has 2 aromatic heterocycles. The summed E-state index contributed by atoms with van der Waals surface area (Å²) in [5.41, 5.74) is 1.53. The molecule has 1 aromatic carbocycles. The number of benzene rings is 1. The number of carbonyl (C=O) groups is 2. The molecule has 1 aliphatic heterocycles. The van der Waals surface area contributed by atoms with Crippen molar-refractivity contribution in [2.24, 2.45) is 0 Å². The number of hydrogen-bond donors (Lipinski definition) is 3. The van der Waals surface area contributed by atoms with Gasteiger partial charge in [0.15, 0.2) is 5.65 Å². The summed E-state index contributed by atoms with van der Waals surface area (Å²) < 4.78 is 47.7. The minimum Gasteiger partial charge on any atom is -0.444 e. The van der Waals surface area contributed by atoms with Crippen molar-refractivity contribution in [3.8, 4) is 5.75 Å².